The van der Waals surface area contributed by atoms with Gasteiger partial charge in [0.25, 0.3) is 5.91 Å². The van der Waals surface area contributed by atoms with E-state index in [9.17, 15) is 19.2 Å². The maximum absolute atomic E-state index is 13.9. The van der Waals surface area contributed by atoms with E-state index in [1.165, 1.54) is 0 Å². The second-order valence-corrected chi connectivity index (χ2v) is 11.4. The molecule has 2 saturated carbocycles. The summed E-state index contributed by atoms with van der Waals surface area (Å²) in [6.07, 6.45) is 5.46. The number of likely N-dealkylation sites (tertiary alicyclic amines) is 1. The van der Waals surface area contributed by atoms with Crippen molar-refractivity contribution in [2.75, 3.05) is 13.7 Å². The fourth-order valence-electron chi connectivity index (χ4n) is 7.41. The molecule has 4 aliphatic rings. The number of aromatic nitrogens is 1. The highest BCUT2D eigenvalue weighted by atomic mass is 16.5. The molecule has 2 aromatic rings. The number of carbonyl (C=O) groups excluding carboxylic acids is 4. The summed E-state index contributed by atoms with van der Waals surface area (Å²) in [6.45, 7) is 2.31. The lowest BCUT2D eigenvalue weighted by Crippen LogP contribution is -2.53. The van der Waals surface area contributed by atoms with Gasteiger partial charge in [-0.15, -0.1) is 0 Å². The van der Waals surface area contributed by atoms with Gasteiger partial charge in [0, 0.05) is 35.8 Å². The Balaban J connectivity index is 1.24. The van der Waals surface area contributed by atoms with Crippen molar-refractivity contribution >= 4 is 34.4 Å². The Bertz CT molecular complexity index is 1290. The molecular formula is C29H36N4O5. The minimum atomic E-state index is -0.725. The molecular weight excluding hydrogens is 484 g/mol. The molecule has 6 rings (SSSR count). The van der Waals surface area contributed by atoms with Gasteiger partial charge in [0.1, 0.15) is 17.5 Å². The second kappa shape index (κ2) is 9.75. The number of rotatable bonds is 8. The van der Waals surface area contributed by atoms with Crippen LogP contribution >= 0.6 is 0 Å². The van der Waals surface area contributed by atoms with E-state index in [-0.39, 0.29) is 59.6 Å². The predicted octanol–water partition coefficient (Wildman–Crippen LogP) is 2.80. The zero-order valence-electron chi connectivity index (χ0n) is 22.0. The average molecular weight is 521 g/mol. The fraction of sp³-hybridized carbons (Fsp3) is 0.586. The Kier molecular flexibility index (Phi) is 6.40. The van der Waals surface area contributed by atoms with E-state index in [4.69, 9.17) is 4.74 Å². The molecule has 3 heterocycles. The number of hydrogen-bond donors (Lipinski definition) is 3. The molecule has 1 aromatic carbocycles. The van der Waals surface area contributed by atoms with Crippen LogP contribution in [0.2, 0.25) is 0 Å². The van der Waals surface area contributed by atoms with Crippen molar-refractivity contribution in [3.63, 3.8) is 0 Å². The van der Waals surface area contributed by atoms with Gasteiger partial charge in [-0.2, -0.15) is 0 Å². The van der Waals surface area contributed by atoms with E-state index >= 15 is 0 Å². The van der Waals surface area contributed by atoms with Crippen molar-refractivity contribution in [1.29, 1.82) is 0 Å². The number of methoxy groups -OCH3 is 1. The van der Waals surface area contributed by atoms with Crippen molar-refractivity contribution in [3.05, 3.63) is 30.0 Å². The third kappa shape index (κ3) is 4.07. The van der Waals surface area contributed by atoms with Gasteiger partial charge in [0.05, 0.1) is 13.2 Å². The Labute approximate surface area is 222 Å². The van der Waals surface area contributed by atoms with E-state index in [2.05, 4.69) is 15.6 Å². The first-order valence-electron chi connectivity index (χ1n) is 14.0. The van der Waals surface area contributed by atoms with Crippen molar-refractivity contribution in [2.24, 2.45) is 23.7 Å². The van der Waals surface area contributed by atoms with Gasteiger partial charge in [0.15, 0.2) is 5.78 Å². The molecule has 4 fully saturated rings. The van der Waals surface area contributed by atoms with Gasteiger partial charge in [-0.3, -0.25) is 19.2 Å². The highest BCUT2D eigenvalue weighted by Crippen LogP contribution is 2.44. The Morgan fingerprint density at radius 3 is 2.71 bits per heavy atom. The van der Waals surface area contributed by atoms with Crippen LogP contribution in [0.15, 0.2) is 24.3 Å². The SMILES string of the molecule is CCC(=O)[C@H](C[C@H]1C(=O)N[C@@H]2CC[C@@H]21)NC(=O)[C@@H]1[C@H]2CCC[C@H]2CN1C(=O)c1cc2c(OC)cccc2[nH]1. The molecule has 3 amide bonds. The summed E-state index contributed by atoms with van der Waals surface area (Å²) >= 11 is 0. The van der Waals surface area contributed by atoms with Gasteiger partial charge in [0.2, 0.25) is 11.8 Å². The third-order valence-corrected chi connectivity index (χ3v) is 9.55. The third-order valence-electron chi connectivity index (χ3n) is 9.55. The van der Waals surface area contributed by atoms with Crippen LogP contribution in [0.1, 0.15) is 62.4 Å². The van der Waals surface area contributed by atoms with E-state index in [1.807, 2.05) is 18.2 Å². The van der Waals surface area contributed by atoms with Crippen LogP contribution in [-0.2, 0) is 14.4 Å². The minimum absolute atomic E-state index is 0.0107. The summed E-state index contributed by atoms with van der Waals surface area (Å²) in [6, 6.07) is 6.24. The zero-order chi connectivity index (χ0) is 26.6. The molecule has 38 heavy (non-hydrogen) atoms. The van der Waals surface area contributed by atoms with E-state index in [0.717, 1.165) is 43.0 Å². The van der Waals surface area contributed by atoms with Crippen molar-refractivity contribution in [1.82, 2.24) is 20.5 Å². The van der Waals surface area contributed by atoms with Crippen molar-refractivity contribution in [2.45, 2.75) is 70.0 Å². The summed E-state index contributed by atoms with van der Waals surface area (Å²) in [5, 5.41) is 6.87. The summed E-state index contributed by atoms with van der Waals surface area (Å²) in [5.74, 6) is 0.424. The molecule has 0 bridgehead atoms. The quantitative estimate of drug-likeness (QED) is 0.494. The van der Waals surface area contributed by atoms with Crippen molar-refractivity contribution < 1.29 is 23.9 Å². The zero-order valence-corrected chi connectivity index (χ0v) is 22.0. The standard InChI is InChI=1S/C29H36N4O5/c1-3-24(34)22(12-18-17-10-11-21(17)31-27(18)35)32-28(36)26-16-7-4-6-15(16)14-33(26)29(37)23-13-19-20(30-23)8-5-9-25(19)38-2/h5,8-9,13,15-18,21-22,26,30H,3-4,6-7,10-12,14H2,1-2H3,(H,31,35)(H,32,36)/t15-,16-,17+,18+,21+,22-,26-/m0/s1. The van der Waals surface area contributed by atoms with Gasteiger partial charge >= 0.3 is 0 Å². The Morgan fingerprint density at radius 2 is 2.00 bits per heavy atom. The van der Waals surface area contributed by atoms with Crippen LogP contribution in [-0.4, -0.2) is 65.2 Å². The topological polar surface area (TPSA) is 121 Å². The van der Waals surface area contributed by atoms with Crippen LogP contribution in [0.4, 0.5) is 0 Å². The number of ketones is 1. The fourth-order valence-corrected chi connectivity index (χ4v) is 7.41. The van der Waals surface area contributed by atoms with Crippen LogP contribution in [0, 0.1) is 23.7 Å². The molecule has 202 valence electrons. The van der Waals surface area contributed by atoms with Crippen LogP contribution in [0.25, 0.3) is 10.9 Å². The summed E-state index contributed by atoms with van der Waals surface area (Å²) < 4.78 is 5.45. The predicted molar refractivity (Wildman–Crippen MR) is 140 cm³/mol. The number of carbonyl (C=O) groups is 4. The number of hydrogen-bond acceptors (Lipinski definition) is 5. The molecule has 9 nitrogen and oxygen atoms in total. The van der Waals surface area contributed by atoms with Crippen LogP contribution in [0.3, 0.4) is 0 Å². The number of amides is 3. The molecule has 0 spiro atoms. The molecule has 2 saturated heterocycles. The number of aromatic amines is 1. The number of fused-ring (bicyclic) bond motifs is 3. The molecule has 0 radical (unpaired) electrons. The second-order valence-electron chi connectivity index (χ2n) is 11.4. The normalized spacial score (nSPS) is 30.4. The van der Waals surface area contributed by atoms with Crippen molar-refractivity contribution in [3.8, 4) is 5.75 Å². The first-order valence-corrected chi connectivity index (χ1v) is 14.0. The Hall–Kier alpha value is -3.36. The van der Waals surface area contributed by atoms with Gasteiger partial charge < -0.3 is 25.3 Å². The number of H-pyrrole nitrogens is 1. The number of benzene rings is 1. The maximum atomic E-state index is 13.9. The lowest BCUT2D eigenvalue weighted by molar-refractivity contribution is -0.132. The smallest absolute Gasteiger partial charge is 0.271 e. The summed E-state index contributed by atoms with van der Waals surface area (Å²) in [5.41, 5.74) is 1.22. The molecule has 9 heteroatoms. The monoisotopic (exact) mass is 520 g/mol. The highest BCUT2D eigenvalue weighted by Gasteiger charge is 2.51. The van der Waals surface area contributed by atoms with Gasteiger partial charge in [-0.05, 0) is 68.1 Å². The maximum Gasteiger partial charge on any atom is 0.271 e. The molecule has 2 aliphatic carbocycles. The summed E-state index contributed by atoms with van der Waals surface area (Å²) in [7, 11) is 1.60. The highest BCUT2D eigenvalue weighted by molar-refractivity contribution is 6.02. The van der Waals surface area contributed by atoms with Gasteiger partial charge in [-0.25, -0.2) is 0 Å². The summed E-state index contributed by atoms with van der Waals surface area (Å²) in [4.78, 5) is 58.1. The average Bonchev–Trinajstić information content (AvgIpc) is 3.66. The van der Waals surface area contributed by atoms with Crippen LogP contribution < -0.4 is 15.4 Å². The largest absolute Gasteiger partial charge is 0.496 e. The number of ether oxygens (including phenoxy) is 1. The molecule has 0 unspecified atom stereocenters. The first-order chi connectivity index (χ1) is 18.4. The molecule has 7 atom stereocenters. The molecule has 2 aliphatic heterocycles. The van der Waals surface area contributed by atoms with E-state index < -0.39 is 12.1 Å². The molecule has 3 N–H and O–H groups in total. The van der Waals surface area contributed by atoms with E-state index in [0.29, 0.717) is 24.4 Å². The number of nitrogens with zero attached hydrogens (tertiary/aromatic N) is 1. The van der Waals surface area contributed by atoms with Crippen LogP contribution in [0.5, 0.6) is 5.75 Å². The minimum Gasteiger partial charge on any atom is -0.496 e. The first kappa shape index (κ1) is 24.9. The number of Topliss-reactive ketones (excluding diaryl/α,β-unsaturated/α-hetero) is 1. The number of nitrogens with one attached hydrogen (secondary N) is 3. The lowest BCUT2D eigenvalue weighted by atomic mass is 9.73. The Morgan fingerprint density at radius 1 is 1.16 bits per heavy atom. The lowest BCUT2D eigenvalue weighted by Gasteiger charge is -2.33. The molecule has 1 aromatic heterocycles. The van der Waals surface area contributed by atoms with E-state index in [1.54, 1.807) is 25.0 Å². The van der Waals surface area contributed by atoms with Gasteiger partial charge in [-0.1, -0.05) is 19.4 Å².